The molecule has 1 atom stereocenters. The van der Waals surface area contributed by atoms with Crippen LogP contribution < -0.4 is 10.5 Å². The molecule has 1 unspecified atom stereocenters. The predicted molar refractivity (Wildman–Crippen MR) is 74.1 cm³/mol. The topological polar surface area (TPSA) is 63.9 Å². The van der Waals surface area contributed by atoms with Gasteiger partial charge in [0.2, 0.25) is 0 Å². The Bertz CT molecular complexity index is 550. The lowest BCUT2D eigenvalue weighted by atomic mass is 10.2. The summed E-state index contributed by atoms with van der Waals surface area (Å²) in [7, 11) is 1.67. The van der Waals surface area contributed by atoms with Gasteiger partial charge in [-0.3, -0.25) is 0 Å². The molecule has 0 amide bonds. The molecule has 2 aromatic rings. The van der Waals surface area contributed by atoms with Gasteiger partial charge in [-0.05, 0) is 30.9 Å². The Kier molecular flexibility index (Phi) is 3.18. The number of hydrogen-bond acceptors (Lipinski definition) is 4. The van der Waals surface area contributed by atoms with Gasteiger partial charge in [0.05, 0.1) is 18.1 Å². The van der Waals surface area contributed by atoms with E-state index in [0.29, 0.717) is 6.04 Å². The number of nitrogens with one attached hydrogen (secondary N) is 1. The molecule has 0 bridgehead atoms. The molecule has 0 spiro atoms. The third-order valence-electron chi connectivity index (χ3n) is 3.31. The van der Waals surface area contributed by atoms with Crippen LogP contribution in [-0.2, 0) is 0 Å². The van der Waals surface area contributed by atoms with Gasteiger partial charge in [0.15, 0.2) is 5.16 Å². The van der Waals surface area contributed by atoms with E-state index in [-0.39, 0.29) is 0 Å². The third-order valence-corrected chi connectivity index (χ3v) is 4.33. The molecule has 0 saturated heterocycles. The van der Waals surface area contributed by atoms with Crippen molar-refractivity contribution in [1.29, 1.82) is 0 Å². The van der Waals surface area contributed by atoms with E-state index in [1.807, 2.05) is 18.2 Å². The lowest BCUT2D eigenvalue weighted by molar-refractivity contribution is 0.415. The molecule has 1 saturated carbocycles. The standard InChI is InChI=1S/C13H17N3OS/c1-17-9-4-5-11-12(6-9)16-13(15-11)18-7-10(14)8-2-3-8/h4-6,8,10H,2-3,7,14H2,1H3,(H,15,16). The highest BCUT2D eigenvalue weighted by molar-refractivity contribution is 7.99. The molecule has 1 heterocycles. The van der Waals surface area contributed by atoms with Crippen LogP contribution in [0.5, 0.6) is 5.75 Å². The molecular formula is C13H17N3OS. The zero-order valence-corrected chi connectivity index (χ0v) is 11.2. The van der Waals surface area contributed by atoms with Crippen molar-refractivity contribution in [2.75, 3.05) is 12.9 Å². The molecule has 5 heteroatoms. The van der Waals surface area contributed by atoms with Crippen molar-refractivity contribution in [3.63, 3.8) is 0 Å². The molecule has 1 aliphatic rings. The molecule has 3 rings (SSSR count). The molecule has 1 aromatic heterocycles. The number of aromatic nitrogens is 2. The van der Waals surface area contributed by atoms with Gasteiger partial charge in [-0.2, -0.15) is 0 Å². The zero-order valence-electron chi connectivity index (χ0n) is 10.3. The molecule has 3 N–H and O–H groups in total. The summed E-state index contributed by atoms with van der Waals surface area (Å²) in [6.07, 6.45) is 2.58. The van der Waals surface area contributed by atoms with Gasteiger partial charge in [0, 0.05) is 17.9 Å². The second-order valence-electron chi connectivity index (χ2n) is 4.74. The number of thioether (sulfide) groups is 1. The number of aromatic amines is 1. The zero-order chi connectivity index (χ0) is 12.5. The Hall–Kier alpha value is -1.20. The van der Waals surface area contributed by atoms with Gasteiger partial charge in [-0.15, -0.1) is 0 Å². The highest BCUT2D eigenvalue weighted by Gasteiger charge is 2.28. The number of hydrogen-bond donors (Lipinski definition) is 2. The van der Waals surface area contributed by atoms with Crippen LogP contribution in [0.1, 0.15) is 12.8 Å². The van der Waals surface area contributed by atoms with Gasteiger partial charge in [0.1, 0.15) is 5.75 Å². The SMILES string of the molecule is COc1ccc2nc(SCC(N)C3CC3)[nH]c2c1. The Balaban J connectivity index is 1.71. The molecule has 4 nitrogen and oxygen atoms in total. The van der Waals surface area contributed by atoms with Crippen LogP contribution in [0.3, 0.4) is 0 Å². The fourth-order valence-electron chi connectivity index (χ4n) is 2.00. The first kappa shape index (κ1) is 11.9. The number of fused-ring (bicyclic) bond motifs is 1. The molecule has 18 heavy (non-hydrogen) atoms. The number of benzene rings is 1. The second kappa shape index (κ2) is 4.82. The molecule has 1 fully saturated rings. The predicted octanol–water partition coefficient (Wildman–Crippen LogP) is 2.40. The number of nitrogens with zero attached hydrogens (tertiary/aromatic N) is 1. The molecule has 1 aliphatic carbocycles. The van der Waals surface area contributed by atoms with Crippen LogP contribution >= 0.6 is 11.8 Å². The van der Waals surface area contributed by atoms with Gasteiger partial charge >= 0.3 is 0 Å². The first-order chi connectivity index (χ1) is 8.76. The van der Waals surface area contributed by atoms with Crippen molar-refractivity contribution < 1.29 is 4.74 Å². The molecule has 0 radical (unpaired) electrons. The largest absolute Gasteiger partial charge is 0.497 e. The molecular weight excluding hydrogens is 246 g/mol. The Morgan fingerprint density at radius 2 is 2.39 bits per heavy atom. The minimum absolute atomic E-state index is 0.303. The van der Waals surface area contributed by atoms with E-state index in [4.69, 9.17) is 10.5 Å². The van der Waals surface area contributed by atoms with E-state index in [2.05, 4.69) is 9.97 Å². The first-order valence-electron chi connectivity index (χ1n) is 6.18. The van der Waals surface area contributed by atoms with Crippen LogP contribution in [0.25, 0.3) is 11.0 Å². The minimum atomic E-state index is 0.303. The molecule has 1 aromatic carbocycles. The van der Waals surface area contributed by atoms with E-state index >= 15 is 0 Å². The van der Waals surface area contributed by atoms with Gasteiger partial charge in [0.25, 0.3) is 0 Å². The summed E-state index contributed by atoms with van der Waals surface area (Å²) < 4.78 is 5.19. The Morgan fingerprint density at radius 3 is 3.11 bits per heavy atom. The maximum Gasteiger partial charge on any atom is 0.166 e. The number of imidazole rings is 1. The smallest absolute Gasteiger partial charge is 0.166 e. The van der Waals surface area contributed by atoms with E-state index in [9.17, 15) is 0 Å². The average Bonchev–Trinajstić information content (AvgIpc) is 3.15. The molecule has 96 valence electrons. The van der Waals surface area contributed by atoms with Crippen molar-refractivity contribution in [3.8, 4) is 5.75 Å². The quantitative estimate of drug-likeness (QED) is 0.813. The van der Waals surface area contributed by atoms with E-state index in [1.54, 1.807) is 18.9 Å². The average molecular weight is 263 g/mol. The number of rotatable bonds is 5. The summed E-state index contributed by atoms with van der Waals surface area (Å²) >= 11 is 1.70. The number of methoxy groups -OCH3 is 1. The van der Waals surface area contributed by atoms with E-state index < -0.39 is 0 Å². The fraction of sp³-hybridized carbons (Fsp3) is 0.462. The second-order valence-corrected chi connectivity index (χ2v) is 5.75. The van der Waals surface area contributed by atoms with Crippen LogP contribution in [-0.4, -0.2) is 28.9 Å². The van der Waals surface area contributed by atoms with Gasteiger partial charge < -0.3 is 15.5 Å². The summed E-state index contributed by atoms with van der Waals surface area (Å²) in [4.78, 5) is 7.84. The van der Waals surface area contributed by atoms with Crippen LogP contribution in [0.15, 0.2) is 23.4 Å². The summed E-state index contributed by atoms with van der Waals surface area (Å²) in [6, 6.07) is 6.16. The number of ether oxygens (including phenoxy) is 1. The van der Waals surface area contributed by atoms with Crippen molar-refractivity contribution in [1.82, 2.24) is 9.97 Å². The Labute approximate surface area is 110 Å². The molecule has 0 aliphatic heterocycles. The summed E-state index contributed by atoms with van der Waals surface area (Å²) in [5, 5.41) is 0.939. The van der Waals surface area contributed by atoms with E-state index in [0.717, 1.165) is 33.6 Å². The normalized spacial score (nSPS) is 17.0. The third kappa shape index (κ3) is 2.47. The number of H-pyrrole nitrogens is 1. The van der Waals surface area contributed by atoms with E-state index in [1.165, 1.54) is 12.8 Å². The van der Waals surface area contributed by atoms with Crippen molar-refractivity contribution >= 4 is 22.8 Å². The maximum absolute atomic E-state index is 6.08. The monoisotopic (exact) mass is 263 g/mol. The number of nitrogens with two attached hydrogens (primary N) is 1. The highest BCUT2D eigenvalue weighted by atomic mass is 32.2. The maximum atomic E-state index is 6.08. The lowest BCUT2D eigenvalue weighted by Gasteiger charge is -2.07. The summed E-state index contributed by atoms with van der Waals surface area (Å²) in [5.41, 5.74) is 8.07. The Morgan fingerprint density at radius 1 is 1.56 bits per heavy atom. The van der Waals surface area contributed by atoms with Gasteiger partial charge in [-0.25, -0.2) is 4.98 Å². The first-order valence-corrected chi connectivity index (χ1v) is 7.17. The van der Waals surface area contributed by atoms with Crippen LogP contribution in [0, 0.1) is 5.92 Å². The fourth-order valence-corrected chi connectivity index (χ4v) is 2.96. The minimum Gasteiger partial charge on any atom is -0.497 e. The lowest BCUT2D eigenvalue weighted by Crippen LogP contribution is -2.25. The van der Waals surface area contributed by atoms with Crippen molar-refractivity contribution in [2.45, 2.75) is 24.0 Å². The highest BCUT2D eigenvalue weighted by Crippen LogP contribution is 2.34. The van der Waals surface area contributed by atoms with Gasteiger partial charge in [-0.1, -0.05) is 11.8 Å². The summed E-state index contributed by atoms with van der Waals surface area (Å²) in [5.74, 6) is 2.51. The van der Waals surface area contributed by atoms with Crippen molar-refractivity contribution in [3.05, 3.63) is 18.2 Å². The summed E-state index contributed by atoms with van der Waals surface area (Å²) in [6.45, 7) is 0. The van der Waals surface area contributed by atoms with Crippen LogP contribution in [0.4, 0.5) is 0 Å². The van der Waals surface area contributed by atoms with Crippen LogP contribution in [0.2, 0.25) is 0 Å². The van der Waals surface area contributed by atoms with Crippen molar-refractivity contribution in [2.24, 2.45) is 11.7 Å².